The molecule has 0 unspecified atom stereocenters. The Morgan fingerprint density at radius 3 is 2.77 bits per heavy atom. The van der Waals surface area contributed by atoms with E-state index in [4.69, 9.17) is 4.84 Å². The Kier molecular flexibility index (Phi) is 3.72. The second-order valence-corrected chi connectivity index (χ2v) is 6.50. The number of nitro groups is 1. The molecule has 0 fully saturated rings. The lowest BCUT2D eigenvalue weighted by molar-refractivity contribution is -0.384. The van der Waals surface area contributed by atoms with E-state index in [1.807, 2.05) is 18.2 Å². The number of carbonyl (C=O) groups is 1. The molecule has 26 heavy (non-hydrogen) atoms. The summed E-state index contributed by atoms with van der Waals surface area (Å²) in [6.07, 6.45) is 1.80. The molecule has 2 aromatic carbocycles. The smallest absolute Gasteiger partial charge is 0.331 e. The van der Waals surface area contributed by atoms with Gasteiger partial charge in [0.25, 0.3) is 5.69 Å². The highest BCUT2D eigenvalue weighted by atomic mass is 16.7. The second-order valence-electron chi connectivity index (χ2n) is 6.50. The number of oxime groups is 1. The maximum atomic E-state index is 11.3. The predicted octanol–water partition coefficient (Wildman–Crippen LogP) is 3.94. The molecular formula is C19H17N3O4. The summed E-state index contributed by atoms with van der Waals surface area (Å²) in [6, 6.07) is 9.21. The highest BCUT2D eigenvalue weighted by molar-refractivity contribution is 6.13. The lowest BCUT2D eigenvalue weighted by Crippen LogP contribution is -2.07. The summed E-state index contributed by atoms with van der Waals surface area (Å²) in [4.78, 5) is 26.7. The Balaban J connectivity index is 1.98. The fraction of sp³-hybridized carbons (Fsp3) is 0.263. The molecule has 0 saturated heterocycles. The van der Waals surface area contributed by atoms with Gasteiger partial charge in [0.2, 0.25) is 0 Å². The minimum Gasteiger partial charge on any atom is -0.340 e. The van der Waals surface area contributed by atoms with Crippen molar-refractivity contribution in [2.45, 2.75) is 33.2 Å². The van der Waals surface area contributed by atoms with Gasteiger partial charge in [0.1, 0.15) is 0 Å². The van der Waals surface area contributed by atoms with Gasteiger partial charge in [0.05, 0.1) is 16.2 Å². The number of nitrogens with zero attached hydrogens (tertiary/aromatic N) is 3. The first kappa shape index (κ1) is 16.3. The van der Waals surface area contributed by atoms with Gasteiger partial charge in [-0.3, -0.25) is 10.1 Å². The Morgan fingerprint density at radius 2 is 2.04 bits per heavy atom. The van der Waals surface area contributed by atoms with Gasteiger partial charge in [0.15, 0.2) is 0 Å². The molecule has 1 aromatic heterocycles. The number of hydrogen-bond donors (Lipinski definition) is 0. The van der Waals surface area contributed by atoms with Crippen molar-refractivity contribution >= 4 is 39.2 Å². The summed E-state index contributed by atoms with van der Waals surface area (Å²) in [5.74, 6) is -0.479. The molecule has 2 heterocycles. The van der Waals surface area contributed by atoms with E-state index in [1.165, 1.54) is 6.92 Å². The van der Waals surface area contributed by atoms with Gasteiger partial charge in [-0.25, -0.2) is 4.79 Å². The van der Waals surface area contributed by atoms with Crippen molar-refractivity contribution < 1.29 is 14.6 Å². The molecule has 0 saturated carbocycles. The van der Waals surface area contributed by atoms with Gasteiger partial charge in [-0.05, 0) is 43.0 Å². The maximum absolute atomic E-state index is 11.3. The molecule has 0 N–H and O–H groups in total. The van der Waals surface area contributed by atoms with Crippen LogP contribution >= 0.6 is 0 Å². The number of hydrogen-bond acceptors (Lipinski definition) is 5. The number of aryl methyl sites for hydroxylation is 2. The molecule has 0 spiro atoms. The minimum absolute atomic E-state index is 0.115. The van der Waals surface area contributed by atoms with Crippen molar-refractivity contribution in [3.05, 3.63) is 51.6 Å². The Labute approximate surface area is 149 Å². The van der Waals surface area contributed by atoms with Crippen molar-refractivity contribution in [2.75, 3.05) is 0 Å². The van der Waals surface area contributed by atoms with Crippen LogP contribution < -0.4 is 0 Å². The largest absolute Gasteiger partial charge is 0.340 e. The van der Waals surface area contributed by atoms with E-state index >= 15 is 0 Å². The van der Waals surface area contributed by atoms with Crippen LogP contribution in [0.25, 0.3) is 21.8 Å². The molecule has 0 amide bonds. The fourth-order valence-electron chi connectivity index (χ4n) is 3.68. The first-order chi connectivity index (χ1) is 12.5. The van der Waals surface area contributed by atoms with Gasteiger partial charge < -0.3 is 9.40 Å². The maximum Gasteiger partial charge on any atom is 0.331 e. The zero-order valence-electron chi connectivity index (χ0n) is 14.5. The van der Waals surface area contributed by atoms with E-state index in [1.54, 1.807) is 19.1 Å². The van der Waals surface area contributed by atoms with Gasteiger partial charge >= 0.3 is 5.97 Å². The Bertz CT molecular complexity index is 1110. The summed E-state index contributed by atoms with van der Waals surface area (Å²) >= 11 is 0. The molecule has 0 radical (unpaired) electrons. The molecule has 1 aliphatic rings. The van der Waals surface area contributed by atoms with Crippen LogP contribution in [0.3, 0.4) is 0 Å². The molecular weight excluding hydrogens is 334 g/mol. The van der Waals surface area contributed by atoms with E-state index in [0.29, 0.717) is 5.71 Å². The lowest BCUT2D eigenvalue weighted by Gasteiger charge is -2.16. The third-order valence-corrected chi connectivity index (χ3v) is 4.79. The first-order valence-corrected chi connectivity index (χ1v) is 8.41. The lowest BCUT2D eigenvalue weighted by atomic mass is 10.0. The number of benzene rings is 2. The predicted molar refractivity (Wildman–Crippen MR) is 98.4 cm³/mol. The van der Waals surface area contributed by atoms with Crippen LogP contribution in [-0.2, 0) is 22.6 Å². The summed E-state index contributed by atoms with van der Waals surface area (Å²) in [6.45, 7) is 3.95. The van der Waals surface area contributed by atoms with Crippen LogP contribution in [0.5, 0.6) is 0 Å². The quantitative estimate of drug-likeness (QED) is 0.309. The van der Waals surface area contributed by atoms with Crippen LogP contribution in [0, 0.1) is 10.1 Å². The fourth-order valence-corrected chi connectivity index (χ4v) is 3.68. The van der Waals surface area contributed by atoms with Gasteiger partial charge in [0, 0.05) is 41.9 Å². The van der Waals surface area contributed by atoms with Crippen molar-refractivity contribution in [1.29, 1.82) is 0 Å². The minimum atomic E-state index is -0.479. The Hall–Kier alpha value is -3.22. The zero-order chi connectivity index (χ0) is 18.4. The molecule has 4 rings (SSSR count). The highest BCUT2D eigenvalue weighted by Crippen LogP contribution is 2.37. The SMILES string of the molecule is CC(=O)ON=C(C)c1ccc2c(c1)c1cc([N+](=O)[O-])cc3c1n2CCC3. The highest BCUT2D eigenvalue weighted by Gasteiger charge is 2.22. The summed E-state index contributed by atoms with van der Waals surface area (Å²) < 4.78 is 2.23. The van der Waals surface area contributed by atoms with Crippen molar-refractivity contribution in [3.63, 3.8) is 0 Å². The van der Waals surface area contributed by atoms with Crippen LogP contribution in [0.4, 0.5) is 5.69 Å². The summed E-state index contributed by atoms with van der Waals surface area (Å²) in [5, 5.41) is 17.0. The monoisotopic (exact) mass is 351 g/mol. The zero-order valence-corrected chi connectivity index (χ0v) is 14.5. The molecule has 0 bridgehead atoms. The number of non-ortho nitro benzene ring substituents is 1. The van der Waals surface area contributed by atoms with Crippen LogP contribution in [-0.4, -0.2) is 21.2 Å². The van der Waals surface area contributed by atoms with Crippen molar-refractivity contribution in [1.82, 2.24) is 4.57 Å². The van der Waals surface area contributed by atoms with E-state index in [0.717, 1.165) is 52.3 Å². The number of rotatable bonds is 3. The van der Waals surface area contributed by atoms with Gasteiger partial charge in [-0.1, -0.05) is 11.2 Å². The standard InChI is InChI=1S/C19H17N3O4/c1-11(20-26-12(2)23)13-5-6-18-16(9-13)17-10-15(22(24)25)8-14-4-3-7-21(18)19(14)17/h5-6,8-10H,3-4,7H2,1-2H3. The molecule has 132 valence electrons. The number of carbonyl (C=O) groups excluding carboxylic acids is 1. The second kappa shape index (κ2) is 5.94. The number of fused-ring (bicyclic) bond motifs is 3. The summed E-state index contributed by atoms with van der Waals surface area (Å²) in [7, 11) is 0. The molecule has 7 heteroatoms. The van der Waals surface area contributed by atoms with Crippen LogP contribution in [0.1, 0.15) is 31.4 Å². The average Bonchev–Trinajstić information content (AvgIpc) is 2.94. The van der Waals surface area contributed by atoms with Gasteiger partial charge in [-0.15, -0.1) is 0 Å². The first-order valence-electron chi connectivity index (χ1n) is 8.41. The Morgan fingerprint density at radius 1 is 1.23 bits per heavy atom. The van der Waals surface area contributed by atoms with Crippen LogP contribution in [0.15, 0.2) is 35.5 Å². The molecule has 7 nitrogen and oxygen atoms in total. The van der Waals surface area contributed by atoms with E-state index < -0.39 is 5.97 Å². The summed E-state index contributed by atoms with van der Waals surface area (Å²) in [5.41, 5.74) is 4.63. The molecule has 0 atom stereocenters. The van der Waals surface area contributed by atoms with Crippen molar-refractivity contribution in [2.24, 2.45) is 5.16 Å². The topological polar surface area (TPSA) is 86.7 Å². The average molecular weight is 351 g/mol. The molecule has 0 aliphatic carbocycles. The van der Waals surface area contributed by atoms with E-state index in [2.05, 4.69) is 9.72 Å². The van der Waals surface area contributed by atoms with Crippen molar-refractivity contribution in [3.8, 4) is 0 Å². The van der Waals surface area contributed by atoms with E-state index in [9.17, 15) is 14.9 Å². The number of nitro benzene ring substituents is 1. The third kappa shape index (κ3) is 2.52. The van der Waals surface area contributed by atoms with Gasteiger partial charge in [-0.2, -0.15) is 0 Å². The molecule has 3 aromatic rings. The normalized spacial score (nSPS) is 14.0. The van der Waals surface area contributed by atoms with E-state index in [-0.39, 0.29) is 10.6 Å². The third-order valence-electron chi connectivity index (χ3n) is 4.79. The van der Waals surface area contributed by atoms with Crippen LogP contribution in [0.2, 0.25) is 0 Å². The molecule has 1 aliphatic heterocycles. The number of aromatic nitrogens is 1.